The maximum atomic E-state index is 13.7. The summed E-state index contributed by atoms with van der Waals surface area (Å²) in [7, 11) is 4.97. The zero-order chi connectivity index (χ0) is 18.0. The van der Waals surface area contributed by atoms with E-state index in [2.05, 4.69) is 10.5 Å². The van der Waals surface area contributed by atoms with Crippen LogP contribution in [0.15, 0.2) is 22.7 Å². The number of nitrogens with zero attached hydrogens (tertiary/aromatic N) is 2. The summed E-state index contributed by atoms with van der Waals surface area (Å²) in [5.41, 5.74) is 0.890. The van der Waals surface area contributed by atoms with Crippen molar-refractivity contribution in [2.24, 2.45) is 0 Å². The lowest BCUT2D eigenvalue weighted by Crippen LogP contribution is -2.33. The lowest BCUT2D eigenvalue weighted by molar-refractivity contribution is 0.0938. The van der Waals surface area contributed by atoms with Gasteiger partial charge in [-0.05, 0) is 31.0 Å². The fourth-order valence-corrected chi connectivity index (χ4v) is 3.12. The molecule has 6 nitrogen and oxygen atoms in total. The van der Waals surface area contributed by atoms with Crippen LogP contribution in [-0.4, -0.2) is 38.3 Å². The Kier molecular flexibility index (Phi) is 4.92. The van der Waals surface area contributed by atoms with Gasteiger partial charge in [-0.3, -0.25) is 4.79 Å². The first-order valence-electron chi connectivity index (χ1n) is 8.33. The van der Waals surface area contributed by atoms with Gasteiger partial charge in [-0.1, -0.05) is 18.0 Å². The van der Waals surface area contributed by atoms with Crippen molar-refractivity contribution >= 4 is 11.7 Å². The van der Waals surface area contributed by atoms with Crippen LogP contribution in [-0.2, 0) is 0 Å². The van der Waals surface area contributed by atoms with Gasteiger partial charge in [0.25, 0.3) is 5.91 Å². The van der Waals surface area contributed by atoms with E-state index in [0.29, 0.717) is 22.7 Å². The number of carbonyl (C=O) groups excluding carboxylic acids is 1. The molecule has 0 saturated heterocycles. The van der Waals surface area contributed by atoms with Crippen LogP contribution >= 0.6 is 0 Å². The van der Waals surface area contributed by atoms with E-state index in [0.717, 1.165) is 25.7 Å². The molecule has 1 aromatic heterocycles. The van der Waals surface area contributed by atoms with E-state index in [4.69, 9.17) is 9.26 Å². The quantitative estimate of drug-likeness (QED) is 0.899. The zero-order valence-electron chi connectivity index (χ0n) is 14.6. The average Bonchev–Trinajstić information content (AvgIpc) is 3.24. The summed E-state index contributed by atoms with van der Waals surface area (Å²) in [6, 6.07) is 4.50. The molecule has 0 aliphatic heterocycles. The Morgan fingerprint density at radius 2 is 2.08 bits per heavy atom. The maximum absolute atomic E-state index is 13.7. The second-order valence-corrected chi connectivity index (χ2v) is 6.41. The molecule has 0 unspecified atom stereocenters. The van der Waals surface area contributed by atoms with Gasteiger partial charge in [0.05, 0.1) is 7.11 Å². The van der Waals surface area contributed by atoms with Gasteiger partial charge >= 0.3 is 0 Å². The first-order valence-corrected chi connectivity index (χ1v) is 8.33. The van der Waals surface area contributed by atoms with Crippen LogP contribution in [0.1, 0.15) is 36.0 Å². The molecule has 1 saturated carbocycles. The molecule has 2 aromatic rings. The molecule has 7 heteroatoms. The Labute approximate surface area is 145 Å². The van der Waals surface area contributed by atoms with Gasteiger partial charge in [0, 0.05) is 25.7 Å². The molecule has 0 bridgehead atoms. The first-order chi connectivity index (χ1) is 12.0. The summed E-state index contributed by atoms with van der Waals surface area (Å²) < 4.78 is 24.1. The van der Waals surface area contributed by atoms with Crippen molar-refractivity contribution in [2.75, 3.05) is 26.1 Å². The SMILES string of the molecule is COc1cc(-c2onc(N(C)C)c2C(=O)NC2CCCC2)ccc1F. The lowest BCUT2D eigenvalue weighted by Gasteiger charge is -2.15. The van der Waals surface area contributed by atoms with Gasteiger partial charge in [0.1, 0.15) is 5.56 Å². The van der Waals surface area contributed by atoms with Crippen molar-refractivity contribution in [3.05, 3.63) is 29.6 Å². The number of carbonyl (C=O) groups is 1. The van der Waals surface area contributed by atoms with E-state index < -0.39 is 5.82 Å². The van der Waals surface area contributed by atoms with Crippen LogP contribution in [0.25, 0.3) is 11.3 Å². The number of nitrogens with one attached hydrogen (secondary N) is 1. The molecular formula is C18H22FN3O3. The monoisotopic (exact) mass is 347 g/mol. The van der Waals surface area contributed by atoms with Crippen LogP contribution in [0.4, 0.5) is 10.2 Å². The fraction of sp³-hybridized carbons (Fsp3) is 0.444. The normalized spacial score (nSPS) is 14.6. The molecule has 3 rings (SSSR count). The van der Waals surface area contributed by atoms with Gasteiger partial charge in [-0.2, -0.15) is 0 Å². The van der Waals surface area contributed by atoms with Crippen molar-refractivity contribution < 1.29 is 18.4 Å². The molecule has 0 radical (unpaired) electrons. The Morgan fingerprint density at radius 1 is 1.36 bits per heavy atom. The standard InChI is InChI=1S/C18H22FN3O3/c1-22(2)17-15(18(23)20-12-6-4-5-7-12)16(25-21-17)11-8-9-13(19)14(10-11)24-3/h8-10,12H,4-7H2,1-3H3,(H,20,23). The smallest absolute Gasteiger partial charge is 0.259 e. The minimum atomic E-state index is -0.476. The number of hydrogen-bond acceptors (Lipinski definition) is 5. The van der Waals surface area contributed by atoms with E-state index >= 15 is 0 Å². The lowest BCUT2D eigenvalue weighted by atomic mass is 10.1. The zero-order valence-corrected chi connectivity index (χ0v) is 14.6. The third kappa shape index (κ3) is 3.45. The molecule has 1 amide bonds. The van der Waals surface area contributed by atoms with Crippen LogP contribution in [0, 0.1) is 5.82 Å². The number of rotatable bonds is 5. The van der Waals surface area contributed by atoms with E-state index in [1.165, 1.54) is 19.2 Å². The highest BCUT2D eigenvalue weighted by atomic mass is 19.1. The van der Waals surface area contributed by atoms with Crippen molar-refractivity contribution in [3.8, 4) is 17.1 Å². The predicted octanol–water partition coefficient (Wildman–Crippen LogP) is 3.23. The van der Waals surface area contributed by atoms with Gasteiger partial charge in [0.2, 0.25) is 0 Å². The highest BCUT2D eigenvalue weighted by Crippen LogP contribution is 2.33. The minimum Gasteiger partial charge on any atom is -0.494 e. The number of aromatic nitrogens is 1. The molecule has 1 aliphatic carbocycles. The molecule has 1 fully saturated rings. The van der Waals surface area contributed by atoms with E-state index in [1.807, 2.05) is 0 Å². The Hall–Kier alpha value is -2.57. The average molecular weight is 347 g/mol. The van der Waals surface area contributed by atoms with E-state index in [-0.39, 0.29) is 17.7 Å². The third-order valence-corrected chi connectivity index (χ3v) is 4.43. The fourth-order valence-electron chi connectivity index (χ4n) is 3.12. The number of benzene rings is 1. The van der Waals surface area contributed by atoms with Crippen LogP contribution in [0.3, 0.4) is 0 Å². The second kappa shape index (κ2) is 7.13. The second-order valence-electron chi connectivity index (χ2n) is 6.41. The minimum absolute atomic E-state index is 0.0856. The van der Waals surface area contributed by atoms with Crippen LogP contribution < -0.4 is 15.0 Å². The van der Waals surface area contributed by atoms with E-state index in [9.17, 15) is 9.18 Å². The van der Waals surface area contributed by atoms with Crippen molar-refractivity contribution in [1.82, 2.24) is 10.5 Å². The molecular weight excluding hydrogens is 325 g/mol. The van der Waals surface area contributed by atoms with E-state index in [1.54, 1.807) is 25.1 Å². The number of anilines is 1. The molecule has 1 aromatic carbocycles. The van der Waals surface area contributed by atoms with Gasteiger partial charge in [-0.15, -0.1) is 0 Å². The summed E-state index contributed by atoms with van der Waals surface area (Å²) in [4.78, 5) is 14.6. The number of halogens is 1. The summed E-state index contributed by atoms with van der Waals surface area (Å²) in [5.74, 6) is 0.124. The topological polar surface area (TPSA) is 67.6 Å². The van der Waals surface area contributed by atoms with Gasteiger partial charge in [0.15, 0.2) is 23.1 Å². The molecule has 1 heterocycles. The summed E-state index contributed by atoms with van der Waals surface area (Å²) >= 11 is 0. The number of hydrogen-bond donors (Lipinski definition) is 1. The van der Waals surface area contributed by atoms with Crippen LogP contribution in [0.2, 0.25) is 0 Å². The molecule has 134 valence electrons. The molecule has 25 heavy (non-hydrogen) atoms. The first kappa shape index (κ1) is 17.3. The molecule has 1 aliphatic rings. The predicted molar refractivity (Wildman–Crippen MR) is 92.5 cm³/mol. The highest BCUT2D eigenvalue weighted by molar-refractivity contribution is 6.04. The largest absolute Gasteiger partial charge is 0.494 e. The Bertz CT molecular complexity index is 767. The molecule has 0 atom stereocenters. The summed E-state index contributed by atoms with van der Waals surface area (Å²) in [6.45, 7) is 0. The van der Waals surface area contributed by atoms with Crippen molar-refractivity contribution in [2.45, 2.75) is 31.7 Å². The van der Waals surface area contributed by atoms with Crippen LogP contribution in [0.5, 0.6) is 5.75 Å². The van der Waals surface area contributed by atoms with Crippen molar-refractivity contribution in [1.29, 1.82) is 0 Å². The van der Waals surface area contributed by atoms with Crippen molar-refractivity contribution in [3.63, 3.8) is 0 Å². The highest BCUT2D eigenvalue weighted by Gasteiger charge is 2.28. The third-order valence-electron chi connectivity index (χ3n) is 4.43. The summed E-state index contributed by atoms with van der Waals surface area (Å²) in [5, 5.41) is 7.08. The number of ether oxygens (including phenoxy) is 1. The Balaban J connectivity index is 2.00. The number of methoxy groups -OCH3 is 1. The summed E-state index contributed by atoms with van der Waals surface area (Å²) in [6.07, 6.45) is 4.20. The molecule has 0 spiro atoms. The molecule has 1 N–H and O–H groups in total. The Morgan fingerprint density at radius 3 is 2.72 bits per heavy atom. The number of amides is 1. The van der Waals surface area contributed by atoms with Gasteiger partial charge < -0.3 is 19.5 Å². The van der Waals surface area contributed by atoms with Gasteiger partial charge in [-0.25, -0.2) is 4.39 Å². The maximum Gasteiger partial charge on any atom is 0.259 e.